The average Bonchev–Trinajstić information content (AvgIpc) is 1.90. The van der Waals surface area contributed by atoms with Crippen LogP contribution in [0.2, 0.25) is 0 Å². The summed E-state index contributed by atoms with van der Waals surface area (Å²) < 4.78 is 0. The van der Waals surface area contributed by atoms with Gasteiger partial charge in [-0.3, -0.25) is 0 Å². The third-order valence-corrected chi connectivity index (χ3v) is 1.47. The Morgan fingerprint density at radius 3 is 2.33 bits per heavy atom. The van der Waals surface area contributed by atoms with Gasteiger partial charge in [-0.25, -0.2) is 4.79 Å². The molecule has 0 aromatic rings. The molecule has 0 unspecified atom stereocenters. The van der Waals surface area contributed by atoms with Crippen molar-refractivity contribution in [2.75, 3.05) is 26.2 Å². The molecule has 0 atom stereocenters. The highest BCUT2D eigenvalue weighted by Gasteiger charge is 2.15. The van der Waals surface area contributed by atoms with Crippen molar-refractivity contribution in [3.63, 3.8) is 0 Å². The lowest BCUT2D eigenvalue weighted by Crippen LogP contribution is -2.45. The van der Waals surface area contributed by atoms with Gasteiger partial charge in [-0.2, -0.15) is 0 Å². The standard InChI is InChI=1S/C6H11N2O/c1-6(9)8-4-2-7-3-5-8/h7H,1-5H2/q+1. The maximum atomic E-state index is 10.6. The van der Waals surface area contributed by atoms with E-state index in [2.05, 4.69) is 12.2 Å². The number of carbonyl (C=O) groups excluding carboxylic acids is 1. The molecular formula is C6H11N2O+. The fourth-order valence-corrected chi connectivity index (χ4v) is 0.914. The van der Waals surface area contributed by atoms with Crippen LogP contribution in [0.5, 0.6) is 0 Å². The van der Waals surface area contributed by atoms with Crippen LogP contribution in [0.15, 0.2) is 0 Å². The molecule has 1 heterocycles. The second kappa shape index (κ2) is 2.73. The van der Waals surface area contributed by atoms with Crippen LogP contribution in [0.1, 0.15) is 0 Å². The van der Waals surface area contributed by atoms with Crippen LogP contribution in [0.4, 0.5) is 0 Å². The molecule has 1 aliphatic heterocycles. The van der Waals surface area contributed by atoms with E-state index in [0.29, 0.717) is 0 Å². The van der Waals surface area contributed by atoms with Crippen LogP contribution in [0.3, 0.4) is 0 Å². The quantitative estimate of drug-likeness (QED) is 0.434. The van der Waals surface area contributed by atoms with Crippen molar-refractivity contribution in [1.29, 1.82) is 0 Å². The van der Waals surface area contributed by atoms with Crippen molar-refractivity contribution in [2.24, 2.45) is 0 Å². The third-order valence-electron chi connectivity index (χ3n) is 1.47. The first-order valence-electron chi connectivity index (χ1n) is 3.12. The van der Waals surface area contributed by atoms with Gasteiger partial charge in [0.2, 0.25) is 0 Å². The molecule has 0 aliphatic carbocycles. The monoisotopic (exact) mass is 127 g/mol. The summed E-state index contributed by atoms with van der Waals surface area (Å²) >= 11 is 0. The van der Waals surface area contributed by atoms with Gasteiger partial charge in [0, 0.05) is 26.2 Å². The Bertz CT molecular complexity index is 108. The van der Waals surface area contributed by atoms with Gasteiger partial charge in [-0.15, -0.1) is 0 Å². The smallest absolute Gasteiger partial charge is 0.313 e. The first-order chi connectivity index (χ1) is 4.30. The minimum absolute atomic E-state index is 0.0588. The van der Waals surface area contributed by atoms with Gasteiger partial charge < -0.3 is 10.2 Å². The van der Waals surface area contributed by atoms with E-state index in [1.807, 2.05) is 0 Å². The first kappa shape index (κ1) is 6.42. The number of nitrogens with one attached hydrogen (secondary N) is 1. The maximum Gasteiger partial charge on any atom is 0.401 e. The third kappa shape index (κ3) is 1.61. The lowest BCUT2D eigenvalue weighted by Gasteiger charge is -2.22. The summed E-state index contributed by atoms with van der Waals surface area (Å²) in [5.41, 5.74) is 0. The van der Waals surface area contributed by atoms with Crippen LogP contribution >= 0.6 is 0 Å². The maximum absolute atomic E-state index is 10.6. The highest BCUT2D eigenvalue weighted by atomic mass is 16.2. The van der Waals surface area contributed by atoms with Crippen LogP contribution < -0.4 is 5.32 Å². The summed E-state index contributed by atoms with van der Waals surface area (Å²) in [5.74, 6) is -0.0588. The molecule has 50 valence electrons. The number of hydrogen-bond donors (Lipinski definition) is 1. The first-order valence-corrected chi connectivity index (χ1v) is 3.12. The van der Waals surface area contributed by atoms with Crippen molar-refractivity contribution in [3.05, 3.63) is 6.92 Å². The summed E-state index contributed by atoms with van der Waals surface area (Å²) in [4.78, 5) is 12.3. The Labute approximate surface area is 55.0 Å². The van der Waals surface area contributed by atoms with E-state index in [9.17, 15) is 4.79 Å². The Morgan fingerprint density at radius 1 is 1.44 bits per heavy atom. The summed E-state index contributed by atoms with van der Waals surface area (Å²) in [6.45, 7) is 6.75. The second-order valence-electron chi connectivity index (χ2n) is 2.13. The fraction of sp³-hybridized carbons (Fsp3) is 0.667. The molecule has 0 radical (unpaired) electrons. The molecule has 3 heteroatoms. The molecule has 1 amide bonds. The van der Waals surface area contributed by atoms with E-state index in [4.69, 9.17) is 0 Å². The Hall–Kier alpha value is -0.700. The summed E-state index contributed by atoms with van der Waals surface area (Å²) in [6, 6.07) is 0. The van der Waals surface area contributed by atoms with E-state index in [-0.39, 0.29) is 5.91 Å². The number of hydrogen-bond acceptors (Lipinski definition) is 2. The molecule has 1 saturated heterocycles. The second-order valence-corrected chi connectivity index (χ2v) is 2.13. The van der Waals surface area contributed by atoms with E-state index < -0.39 is 0 Å². The number of rotatable bonds is 0. The molecule has 3 nitrogen and oxygen atoms in total. The van der Waals surface area contributed by atoms with E-state index in [1.54, 1.807) is 4.90 Å². The molecule has 0 aromatic heterocycles. The highest BCUT2D eigenvalue weighted by Crippen LogP contribution is 1.90. The zero-order valence-electron chi connectivity index (χ0n) is 5.39. The van der Waals surface area contributed by atoms with Crippen LogP contribution in [0.25, 0.3) is 0 Å². The van der Waals surface area contributed by atoms with E-state index in [0.717, 1.165) is 26.2 Å². The molecule has 0 spiro atoms. The normalized spacial score (nSPS) is 19.8. The Kier molecular flexibility index (Phi) is 1.95. The number of nitrogens with zero attached hydrogens (tertiary/aromatic N) is 1. The number of amides is 1. The molecule has 9 heavy (non-hydrogen) atoms. The van der Waals surface area contributed by atoms with Crippen molar-refractivity contribution in [2.45, 2.75) is 0 Å². The molecule has 1 N–H and O–H groups in total. The summed E-state index contributed by atoms with van der Waals surface area (Å²) in [6.07, 6.45) is 0. The van der Waals surface area contributed by atoms with Crippen molar-refractivity contribution in [1.82, 2.24) is 10.2 Å². The molecular weight excluding hydrogens is 116 g/mol. The topological polar surface area (TPSA) is 32.3 Å². The fourth-order valence-electron chi connectivity index (χ4n) is 0.914. The van der Waals surface area contributed by atoms with Gasteiger partial charge in [-0.1, -0.05) is 0 Å². The van der Waals surface area contributed by atoms with Crippen molar-refractivity contribution >= 4 is 5.91 Å². The van der Waals surface area contributed by atoms with Gasteiger partial charge in [-0.05, 0) is 0 Å². The predicted octanol–water partition coefficient (Wildman–Crippen LogP) is -0.748. The number of piperazine rings is 1. The van der Waals surface area contributed by atoms with Crippen molar-refractivity contribution < 1.29 is 4.79 Å². The molecule has 0 saturated carbocycles. The summed E-state index contributed by atoms with van der Waals surface area (Å²) in [7, 11) is 0. The number of carbonyl (C=O) groups is 1. The van der Waals surface area contributed by atoms with Crippen LogP contribution in [0, 0.1) is 6.92 Å². The average molecular weight is 127 g/mol. The largest absolute Gasteiger partial charge is 0.401 e. The Balaban J connectivity index is 2.31. The molecule has 1 rings (SSSR count). The zero-order valence-corrected chi connectivity index (χ0v) is 5.39. The summed E-state index contributed by atoms with van der Waals surface area (Å²) in [5, 5.41) is 3.15. The van der Waals surface area contributed by atoms with Gasteiger partial charge >= 0.3 is 5.91 Å². The minimum atomic E-state index is -0.0588. The van der Waals surface area contributed by atoms with E-state index in [1.165, 1.54) is 0 Å². The highest BCUT2D eigenvalue weighted by molar-refractivity contribution is 5.80. The Morgan fingerprint density at radius 2 is 2.00 bits per heavy atom. The zero-order chi connectivity index (χ0) is 6.69. The predicted molar refractivity (Wildman–Crippen MR) is 34.8 cm³/mol. The van der Waals surface area contributed by atoms with Gasteiger partial charge in [0.1, 0.15) is 0 Å². The van der Waals surface area contributed by atoms with E-state index >= 15 is 0 Å². The molecule has 0 bridgehead atoms. The SMILES string of the molecule is [CH2+]C(=O)N1CCNCC1. The van der Waals surface area contributed by atoms with Crippen LogP contribution in [-0.4, -0.2) is 37.0 Å². The lowest BCUT2D eigenvalue weighted by atomic mass is 10.4. The minimum Gasteiger partial charge on any atom is -0.313 e. The van der Waals surface area contributed by atoms with Gasteiger partial charge in [0.05, 0.1) is 0 Å². The lowest BCUT2D eigenvalue weighted by molar-refractivity contribution is -0.126. The van der Waals surface area contributed by atoms with Crippen LogP contribution in [-0.2, 0) is 4.79 Å². The van der Waals surface area contributed by atoms with Crippen molar-refractivity contribution in [3.8, 4) is 0 Å². The molecule has 0 aromatic carbocycles. The van der Waals surface area contributed by atoms with Gasteiger partial charge in [0.25, 0.3) is 0 Å². The van der Waals surface area contributed by atoms with Gasteiger partial charge in [0.15, 0.2) is 6.92 Å². The molecule has 1 fully saturated rings. The molecule has 1 aliphatic rings.